The molecule has 0 aliphatic heterocycles. The molecular formula is C14H12Cl2N3O+. The summed E-state index contributed by atoms with van der Waals surface area (Å²) >= 11 is 11.9. The van der Waals surface area contributed by atoms with E-state index in [9.17, 15) is 0 Å². The molecule has 0 radical (unpaired) electrons. The smallest absolute Gasteiger partial charge is 0.407 e. The van der Waals surface area contributed by atoms with Gasteiger partial charge in [-0.3, -0.25) is 0 Å². The second kappa shape index (κ2) is 6.00. The Morgan fingerprint density at radius 1 is 1.10 bits per heavy atom. The van der Waals surface area contributed by atoms with Crippen LogP contribution in [0.4, 0.5) is 11.4 Å². The van der Waals surface area contributed by atoms with Crippen molar-refractivity contribution in [2.45, 2.75) is 0 Å². The minimum absolute atomic E-state index is 0.251. The first kappa shape index (κ1) is 14.4. The molecule has 102 valence electrons. The summed E-state index contributed by atoms with van der Waals surface area (Å²) in [6.45, 7) is 0. The normalized spacial score (nSPS) is 9.95. The SMILES string of the molecule is CN(C)c1cc(Cl)c([N+]#N)cc1Oc1ccc(Cl)cc1. The van der Waals surface area contributed by atoms with Gasteiger partial charge in [-0.05, 0) is 30.3 Å². The molecule has 0 saturated heterocycles. The van der Waals surface area contributed by atoms with Gasteiger partial charge in [0.25, 0.3) is 0 Å². The maximum absolute atomic E-state index is 8.93. The molecule has 0 aliphatic rings. The summed E-state index contributed by atoms with van der Waals surface area (Å²) in [7, 11) is 3.74. The second-order valence-corrected chi connectivity index (χ2v) is 5.17. The molecule has 0 atom stereocenters. The number of nitrogens with zero attached hydrogens (tertiary/aromatic N) is 3. The third-order valence-corrected chi connectivity index (χ3v) is 3.21. The van der Waals surface area contributed by atoms with Crippen LogP contribution in [0.25, 0.3) is 4.98 Å². The van der Waals surface area contributed by atoms with E-state index in [0.717, 1.165) is 5.69 Å². The first-order chi connectivity index (χ1) is 9.51. The van der Waals surface area contributed by atoms with E-state index in [0.29, 0.717) is 21.5 Å². The van der Waals surface area contributed by atoms with Gasteiger partial charge in [-0.1, -0.05) is 23.2 Å². The van der Waals surface area contributed by atoms with Crippen LogP contribution in [0, 0.1) is 5.39 Å². The molecule has 0 spiro atoms. The molecule has 6 heteroatoms. The maximum atomic E-state index is 8.93. The zero-order valence-corrected chi connectivity index (χ0v) is 12.5. The molecular weight excluding hydrogens is 297 g/mol. The molecule has 20 heavy (non-hydrogen) atoms. The fourth-order valence-corrected chi connectivity index (χ4v) is 1.99. The summed E-state index contributed by atoms with van der Waals surface area (Å²) < 4.78 is 5.79. The highest BCUT2D eigenvalue weighted by Gasteiger charge is 2.19. The number of anilines is 1. The van der Waals surface area contributed by atoms with Crippen molar-refractivity contribution >= 4 is 34.6 Å². The van der Waals surface area contributed by atoms with Gasteiger partial charge >= 0.3 is 5.69 Å². The summed E-state index contributed by atoms with van der Waals surface area (Å²) in [5.41, 5.74) is 1.03. The third-order valence-electron chi connectivity index (χ3n) is 2.66. The van der Waals surface area contributed by atoms with Gasteiger partial charge in [0.05, 0.1) is 11.8 Å². The Hall–Kier alpha value is -1.96. The van der Waals surface area contributed by atoms with Crippen LogP contribution in [-0.2, 0) is 0 Å². The van der Waals surface area contributed by atoms with E-state index in [1.54, 1.807) is 36.4 Å². The number of diazo groups is 1. The van der Waals surface area contributed by atoms with Crippen LogP contribution in [0.1, 0.15) is 0 Å². The summed E-state index contributed by atoms with van der Waals surface area (Å²) in [6.07, 6.45) is 0. The van der Waals surface area contributed by atoms with Crippen molar-refractivity contribution in [2.24, 2.45) is 0 Å². The summed E-state index contributed by atoms with van der Waals surface area (Å²) in [5.74, 6) is 1.17. The summed E-state index contributed by atoms with van der Waals surface area (Å²) in [4.78, 5) is 4.99. The topological polar surface area (TPSA) is 40.6 Å². The quantitative estimate of drug-likeness (QED) is 0.719. The van der Waals surface area contributed by atoms with E-state index in [2.05, 4.69) is 4.98 Å². The predicted octanol–water partition coefficient (Wildman–Crippen LogP) is 5.34. The van der Waals surface area contributed by atoms with Crippen molar-refractivity contribution in [1.29, 1.82) is 5.39 Å². The van der Waals surface area contributed by atoms with Crippen molar-refractivity contribution < 1.29 is 4.74 Å². The lowest BCUT2D eigenvalue weighted by Crippen LogP contribution is -2.09. The minimum atomic E-state index is 0.251. The lowest BCUT2D eigenvalue weighted by Gasteiger charge is -2.17. The average molecular weight is 309 g/mol. The van der Waals surface area contributed by atoms with Gasteiger partial charge in [-0.2, -0.15) is 0 Å². The Morgan fingerprint density at radius 3 is 2.30 bits per heavy atom. The van der Waals surface area contributed by atoms with Crippen molar-refractivity contribution in [1.82, 2.24) is 0 Å². The molecule has 0 aliphatic carbocycles. The van der Waals surface area contributed by atoms with E-state index in [4.69, 9.17) is 33.3 Å². The molecule has 0 N–H and O–H groups in total. The lowest BCUT2D eigenvalue weighted by molar-refractivity contribution is 0.483. The van der Waals surface area contributed by atoms with Gasteiger partial charge in [0.15, 0.2) is 10.7 Å². The Morgan fingerprint density at radius 2 is 1.75 bits per heavy atom. The van der Waals surface area contributed by atoms with Gasteiger partial charge in [0.2, 0.25) is 5.39 Å². The predicted molar refractivity (Wildman–Crippen MR) is 82.0 cm³/mol. The molecule has 0 unspecified atom stereocenters. The fourth-order valence-electron chi connectivity index (χ4n) is 1.67. The fraction of sp³-hybridized carbons (Fsp3) is 0.143. The van der Waals surface area contributed by atoms with Crippen molar-refractivity contribution in [3.8, 4) is 11.5 Å². The average Bonchev–Trinajstić information content (AvgIpc) is 2.42. The number of hydrogen-bond donors (Lipinski definition) is 0. The van der Waals surface area contributed by atoms with Crippen LogP contribution < -0.4 is 9.64 Å². The second-order valence-electron chi connectivity index (χ2n) is 4.32. The van der Waals surface area contributed by atoms with Crippen molar-refractivity contribution in [3.63, 3.8) is 0 Å². The maximum Gasteiger partial charge on any atom is 0.407 e. The van der Waals surface area contributed by atoms with Gasteiger partial charge in [-0.15, -0.1) is 0 Å². The molecule has 0 amide bonds. The highest BCUT2D eigenvalue weighted by atomic mass is 35.5. The number of ether oxygens (including phenoxy) is 1. The van der Waals surface area contributed by atoms with E-state index >= 15 is 0 Å². The van der Waals surface area contributed by atoms with Gasteiger partial charge in [0.1, 0.15) is 10.8 Å². The number of hydrogen-bond acceptors (Lipinski definition) is 3. The van der Waals surface area contributed by atoms with Crippen LogP contribution in [-0.4, -0.2) is 14.1 Å². The van der Waals surface area contributed by atoms with Gasteiger partial charge in [-0.25, -0.2) is 0 Å². The van der Waals surface area contributed by atoms with Crippen LogP contribution in [0.3, 0.4) is 0 Å². The molecule has 0 saturated carbocycles. The first-order valence-corrected chi connectivity index (χ1v) is 6.56. The van der Waals surface area contributed by atoms with E-state index < -0.39 is 0 Å². The van der Waals surface area contributed by atoms with E-state index in [-0.39, 0.29) is 5.69 Å². The highest BCUT2D eigenvalue weighted by molar-refractivity contribution is 6.33. The Balaban J connectivity index is 2.44. The first-order valence-electron chi connectivity index (χ1n) is 5.80. The lowest BCUT2D eigenvalue weighted by atomic mass is 10.2. The zero-order chi connectivity index (χ0) is 14.7. The molecule has 0 bridgehead atoms. The Bertz CT molecular complexity index is 663. The molecule has 0 aromatic heterocycles. The van der Waals surface area contributed by atoms with E-state index in [1.165, 1.54) is 0 Å². The molecule has 2 rings (SSSR count). The molecule has 2 aromatic carbocycles. The monoisotopic (exact) mass is 308 g/mol. The highest BCUT2D eigenvalue weighted by Crippen LogP contribution is 2.39. The number of rotatable bonds is 3. The molecule has 0 fully saturated rings. The Kier molecular flexibility index (Phi) is 4.33. The standard InChI is InChI=1S/C14H12Cl2N3O/c1-19(2)13-7-11(16)12(18-17)8-14(13)20-10-5-3-9(15)4-6-10/h3-8H,1-2H3/q+1. The van der Waals surface area contributed by atoms with Crippen LogP contribution in [0.2, 0.25) is 10.0 Å². The molecule has 0 heterocycles. The zero-order valence-electron chi connectivity index (χ0n) is 11.0. The van der Waals surface area contributed by atoms with Crippen LogP contribution in [0.15, 0.2) is 36.4 Å². The van der Waals surface area contributed by atoms with Crippen LogP contribution >= 0.6 is 23.2 Å². The summed E-state index contributed by atoms with van der Waals surface area (Å²) in [5, 5.41) is 9.91. The van der Waals surface area contributed by atoms with E-state index in [1.807, 2.05) is 19.0 Å². The summed E-state index contributed by atoms with van der Waals surface area (Å²) in [6, 6.07) is 10.2. The largest absolute Gasteiger partial charge is 0.455 e. The van der Waals surface area contributed by atoms with Crippen LogP contribution in [0.5, 0.6) is 11.5 Å². The Labute approximate surface area is 127 Å². The van der Waals surface area contributed by atoms with Gasteiger partial charge < -0.3 is 9.64 Å². The number of halogens is 2. The van der Waals surface area contributed by atoms with Gasteiger partial charge in [0, 0.05) is 19.1 Å². The molecule has 4 nitrogen and oxygen atoms in total. The van der Waals surface area contributed by atoms with Crippen molar-refractivity contribution in [3.05, 3.63) is 51.4 Å². The minimum Gasteiger partial charge on any atom is -0.455 e. The third kappa shape index (κ3) is 3.13. The molecule has 2 aromatic rings. The number of benzene rings is 2. The van der Waals surface area contributed by atoms with Crippen molar-refractivity contribution in [2.75, 3.05) is 19.0 Å².